The lowest BCUT2D eigenvalue weighted by molar-refractivity contribution is 0.486. The molecule has 21 heavy (non-hydrogen) atoms. The fourth-order valence-electron chi connectivity index (χ4n) is 2.20. The summed E-state index contributed by atoms with van der Waals surface area (Å²) in [6.07, 6.45) is 1.84. The third-order valence-electron chi connectivity index (χ3n) is 3.68. The summed E-state index contributed by atoms with van der Waals surface area (Å²) in [6, 6.07) is 6.95. The van der Waals surface area contributed by atoms with Crippen LogP contribution in [0.25, 0.3) is 0 Å². The maximum atomic E-state index is 12.2. The van der Waals surface area contributed by atoms with Gasteiger partial charge in [0.15, 0.2) is 0 Å². The molecule has 2 atom stereocenters. The molecule has 0 heterocycles. The van der Waals surface area contributed by atoms with Crippen LogP contribution in [-0.4, -0.2) is 21.0 Å². The summed E-state index contributed by atoms with van der Waals surface area (Å²) in [5.41, 5.74) is 7.07. The van der Waals surface area contributed by atoms with Crippen LogP contribution in [-0.2, 0) is 10.0 Å². The van der Waals surface area contributed by atoms with Crippen LogP contribution in [0.2, 0.25) is 0 Å². The van der Waals surface area contributed by atoms with Gasteiger partial charge in [-0.3, -0.25) is 0 Å². The van der Waals surface area contributed by atoms with Crippen LogP contribution in [0.4, 0.5) is 0 Å². The molecule has 0 aromatic heterocycles. The van der Waals surface area contributed by atoms with E-state index < -0.39 is 10.0 Å². The van der Waals surface area contributed by atoms with E-state index in [1.165, 1.54) is 0 Å². The van der Waals surface area contributed by atoms with Crippen molar-refractivity contribution in [2.45, 2.75) is 57.4 Å². The van der Waals surface area contributed by atoms with Gasteiger partial charge >= 0.3 is 0 Å². The molecule has 3 N–H and O–H groups in total. The quantitative estimate of drug-likeness (QED) is 0.775. The Morgan fingerprint density at radius 3 is 2.19 bits per heavy atom. The van der Waals surface area contributed by atoms with Crippen LogP contribution < -0.4 is 10.5 Å². The second kappa shape index (κ2) is 7.92. The summed E-state index contributed by atoms with van der Waals surface area (Å²) in [6.45, 7) is 8.66. The molecule has 1 rings (SSSR count). The van der Waals surface area contributed by atoms with Gasteiger partial charge in [-0.05, 0) is 42.4 Å². The van der Waals surface area contributed by atoms with Gasteiger partial charge in [0.05, 0.1) is 4.90 Å². The van der Waals surface area contributed by atoms with Crippen molar-refractivity contribution >= 4 is 10.0 Å². The normalized spacial score (nSPS) is 15.1. The number of rotatable bonds is 8. The first-order valence-corrected chi connectivity index (χ1v) is 9.09. The molecule has 1 aromatic rings. The molecule has 0 fully saturated rings. The average Bonchev–Trinajstić information content (AvgIpc) is 2.44. The molecular formula is C16H28N2O2S. The van der Waals surface area contributed by atoms with Crippen molar-refractivity contribution in [3.8, 4) is 0 Å². The van der Waals surface area contributed by atoms with Gasteiger partial charge in [-0.1, -0.05) is 39.8 Å². The third kappa shape index (κ3) is 5.77. The molecule has 0 saturated carbocycles. The standard InChI is InChI=1S/C16H28N2O2S/c1-5-13(4)14-6-8-16(9-7-14)21(19,20)18-11-15(17)10-12(2)3/h6-9,12-13,15,18H,5,10-11,17H2,1-4H3. The van der Waals surface area contributed by atoms with E-state index >= 15 is 0 Å². The Kier molecular flexibility index (Phi) is 6.84. The van der Waals surface area contributed by atoms with E-state index in [1.54, 1.807) is 12.1 Å². The highest BCUT2D eigenvalue weighted by Crippen LogP contribution is 2.20. The first-order chi connectivity index (χ1) is 9.76. The summed E-state index contributed by atoms with van der Waals surface area (Å²) in [7, 11) is -3.47. The monoisotopic (exact) mass is 312 g/mol. The minimum absolute atomic E-state index is 0.154. The van der Waals surface area contributed by atoms with Crippen molar-refractivity contribution in [3.63, 3.8) is 0 Å². The van der Waals surface area contributed by atoms with E-state index in [1.807, 2.05) is 12.1 Å². The van der Waals surface area contributed by atoms with Gasteiger partial charge in [0.2, 0.25) is 10.0 Å². The van der Waals surface area contributed by atoms with Gasteiger partial charge < -0.3 is 5.73 Å². The van der Waals surface area contributed by atoms with Gasteiger partial charge in [0.25, 0.3) is 0 Å². The molecule has 1 aromatic carbocycles. The van der Waals surface area contributed by atoms with E-state index in [-0.39, 0.29) is 12.6 Å². The van der Waals surface area contributed by atoms with Gasteiger partial charge in [-0.25, -0.2) is 13.1 Å². The minimum atomic E-state index is -3.47. The molecule has 0 aliphatic heterocycles. The maximum absolute atomic E-state index is 12.2. The summed E-state index contributed by atoms with van der Waals surface area (Å²) in [4.78, 5) is 0.298. The highest BCUT2D eigenvalue weighted by Gasteiger charge is 2.16. The van der Waals surface area contributed by atoms with Gasteiger partial charge in [0, 0.05) is 12.6 Å². The second-order valence-electron chi connectivity index (χ2n) is 6.12. The lowest BCUT2D eigenvalue weighted by Crippen LogP contribution is -2.37. The first kappa shape index (κ1) is 18.1. The first-order valence-electron chi connectivity index (χ1n) is 7.61. The highest BCUT2D eigenvalue weighted by atomic mass is 32.2. The predicted molar refractivity (Wildman–Crippen MR) is 87.8 cm³/mol. The van der Waals surface area contributed by atoms with Gasteiger partial charge in [-0.2, -0.15) is 0 Å². The van der Waals surface area contributed by atoms with E-state index in [2.05, 4.69) is 32.4 Å². The Bertz CT molecular complexity index is 524. The van der Waals surface area contributed by atoms with Gasteiger partial charge in [0.1, 0.15) is 0 Å². The summed E-state index contributed by atoms with van der Waals surface area (Å²) >= 11 is 0. The SMILES string of the molecule is CCC(C)c1ccc(S(=O)(=O)NCC(N)CC(C)C)cc1. The van der Waals surface area contributed by atoms with E-state index in [9.17, 15) is 8.42 Å². The number of nitrogens with one attached hydrogen (secondary N) is 1. The van der Waals surface area contributed by atoms with E-state index in [4.69, 9.17) is 5.73 Å². The molecule has 0 spiro atoms. The summed E-state index contributed by atoms with van der Waals surface area (Å²) < 4.78 is 27.0. The van der Waals surface area contributed by atoms with Crippen molar-refractivity contribution in [3.05, 3.63) is 29.8 Å². The molecule has 120 valence electrons. The van der Waals surface area contributed by atoms with E-state index in [0.29, 0.717) is 16.7 Å². The second-order valence-corrected chi connectivity index (χ2v) is 7.89. The largest absolute Gasteiger partial charge is 0.327 e. The average molecular weight is 312 g/mol. The minimum Gasteiger partial charge on any atom is -0.327 e. The van der Waals surface area contributed by atoms with Crippen molar-refractivity contribution < 1.29 is 8.42 Å². The summed E-state index contributed by atoms with van der Waals surface area (Å²) in [5, 5.41) is 0. The van der Waals surface area contributed by atoms with Crippen LogP contribution in [0.3, 0.4) is 0 Å². The lowest BCUT2D eigenvalue weighted by Gasteiger charge is -2.15. The predicted octanol–water partition coefficient (Wildman–Crippen LogP) is 2.85. The molecule has 0 radical (unpaired) electrons. The van der Waals surface area contributed by atoms with Crippen molar-refractivity contribution in [2.24, 2.45) is 11.7 Å². The Morgan fingerprint density at radius 2 is 1.71 bits per heavy atom. The molecule has 0 aliphatic carbocycles. The number of nitrogens with two attached hydrogens (primary N) is 1. The smallest absolute Gasteiger partial charge is 0.240 e. The molecule has 0 saturated heterocycles. The number of sulfonamides is 1. The zero-order valence-electron chi connectivity index (χ0n) is 13.5. The third-order valence-corrected chi connectivity index (χ3v) is 5.12. The maximum Gasteiger partial charge on any atom is 0.240 e. The molecule has 0 aliphatic rings. The summed E-state index contributed by atoms with van der Waals surface area (Å²) in [5.74, 6) is 0.897. The number of benzene rings is 1. The zero-order valence-corrected chi connectivity index (χ0v) is 14.3. The zero-order chi connectivity index (χ0) is 16.0. The van der Waals surface area contributed by atoms with Crippen molar-refractivity contribution in [1.82, 2.24) is 4.72 Å². The number of hydrogen-bond donors (Lipinski definition) is 2. The van der Waals surface area contributed by atoms with Crippen LogP contribution in [0.15, 0.2) is 29.2 Å². The Labute approximate surface area is 129 Å². The molecule has 0 bridgehead atoms. The molecule has 5 heteroatoms. The molecular weight excluding hydrogens is 284 g/mol. The van der Waals surface area contributed by atoms with Crippen LogP contribution in [0, 0.1) is 5.92 Å². The van der Waals surface area contributed by atoms with Crippen molar-refractivity contribution in [1.29, 1.82) is 0 Å². The Morgan fingerprint density at radius 1 is 1.14 bits per heavy atom. The van der Waals surface area contributed by atoms with Crippen LogP contribution in [0.1, 0.15) is 52.0 Å². The van der Waals surface area contributed by atoms with E-state index in [0.717, 1.165) is 18.4 Å². The fourth-order valence-corrected chi connectivity index (χ4v) is 3.29. The van der Waals surface area contributed by atoms with Gasteiger partial charge in [-0.15, -0.1) is 0 Å². The Hall–Kier alpha value is -0.910. The molecule has 4 nitrogen and oxygen atoms in total. The number of hydrogen-bond acceptors (Lipinski definition) is 3. The molecule has 0 amide bonds. The lowest BCUT2D eigenvalue weighted by atomic mass is 9.99. The topological polar surface area (TPSA) is 72.2 Å². The Balaban J connectivity index is 2.70. The fraction of sp³-hybridized carbons (Fsp3) is 0.625. The highest BCUT2D eigenvalue weighted by molar-refractivity contribution is 7.89. The van der Waals surface area contributed by atoms with Crippen LogP contribution >= 0.6 is 0 Å². The van der Waals surface area contributed by atoms with Crippen molar-refractivity contribution in [2.75, 3.05) is 6.54 Å². The molecule has 2 unspecified atom stereocenters. The van der Waals surface area contributed by atoms with Crippen LogP contribution in [0.5, 0.6) is 0 Å².